The Bertz CT molecular complexity index is 1700. The van der Waals surface area contributed by atoms with Gasteiger partial charge >= 0.3 is 0 Å². The van der Waals surface area contributed by atoms with Gasteiger partial charge in [0.25, 0.3) is 5.91 Å². The molecular weight excluding hydrogens is 592 g/mol. The number of benzene rings is 4. The number of aromatic hydroxyl groups is 1. The average molecular weight is 625 g/mol. The highest BCUT2D eigenvalue weighted by Crippen LogP contribution is 2.32. The van der Waals surface area contributed by atoms with Gasteiger partial charge in [0, 0.05) is 23.0 Å². The van der Waals surface area contributed by atoms with Crippen LogP contribution in [-0.2, 0) is 6.42 Å². The molecule has 0 fully saturated rings. The first-order valence-corrected chi connectivity index (χ1v) is 15.9. The Labute approximate surface area is 266 Å². The molecule has 4 aromatic carbocycles. The molecule has 0 aliphatic rings. The third-order valence-electron chi connectivity index (χ3n) is 7.26. The number of hydrogen-bond donors (Lipinski definition) is 2. The molecule has 0 spiro atoms. The maximum absolute atomic E-state index is 12.9. The quantitative estimate of drug-likeness (QED) is 0.0753. The van der Waals surface area contributed by atoms with Gasteiger partial charge in [-0.2, -0.15) is 0 Å². The van der Waals surface area contributed by atoms with E-state index >= 15 is 0 Å². The van der Waals surface area contributed by atoms with Crippen molar-refractivity contribution in [3.63, 3.8) is 0 Å². The fraction of sp³-hybridized carbons (Fsp3) is 0.200. The van der Waals surface area contributed by atoms with Gasteiger partial charge in [-0.1, -0.05) is 109 Å². The number of para-hydroxylation sites is 1. The maximum Gasteiger partial charge on any atom is 0.255 e. The predicted octanol–water partition coefficient (Wildman–Crippen LogP) is 7.53. The lowest BCUT2D eigenvalue weighted by Gasteiger charge is -2.19. The Hall–Kier alpha value is -4.40. The summed E-state index contributed by atoms with van der Waals surface area (Å²) in [7, 11) is 0. The maximum atomic E-state index is 12.9. The molecule has 9 heteroatoms. The Balaban J connectivity index is 1.35. The number of Topliss-reactive ketones (excluding diaryl/α,β-unsaturated/α-hetero) is 1. The van der Waals surface area contributed by atoms with E-state index in [-0.39, 0.29) is 34.7 Å². The van der Waals surface area contributed by atoms with Crippen molar-refractivity contribution >= 4 is 35.1 Å². The summed E-state index contributed by atoms with van der Waals surface area (Å²) >= 11 is 7.77. The van der Waals surface area contributed by atoms with Crippen LogP contribution in [0.5, 0.6) is 5.75 Å². The van der Waals surface area contributed by atoms with E-state index in [0.717, 1.165) is 37.2 Å². The Morgan fingerprint density at radius 2 is 1.59 bits per heavy atom. The summed E-state index contributed by atoms with van der Waals surface area (Å²) in [4.78, 5) is 25.4. The molecule has 7 nitrogen and oxygen atoms in total. The Morgan fingerprint density at radius 1 is 0.864 bits per heavy atom. The van der Waals surface area contributed by atoms with E-state index in [1.54, 1.807) is 18.2 Å². The number of aromatic nitrogens is 3. The van der Waals surface area contributed by atoms with E-state index in [0.29, 0.717) is 22.3 Å². The third kappa shape index (κ3) is 8.15. The van der Waals surface area contributed by atoms with E-state index < -0.39 is 0 Å². The van der Waals surface area contributed by atoms with E-state index in [1.165, 1.54) is 23.4 Å². The first-order chi connectivity index (χ1) is 21.5. The number of rotatable bonds is 14. The number of unbranched alkanes of at least 4 members (excludes halogenated alkanes) is 1. The summed E-state index contributed by atoms with van der Waals surface area (Å²) in [6.07, 6.45) is 3.13. The fourth-order valence-corrected chi connectivity index (χ4v) is 6.07. The molecule has 2 N–H and O–H groups in total. The zero-order valence-corrected chi connectivity index (χ0v) is 25.7. The molecule has 0 saturated carbocycles. The number of nitrogens with zero attached hydrogens (tertiary/aromatic N) is 3. The number of halogens is 1. The molecule has 0 radical (unpaired) electrons. The van der Waals surface area contributed by atoms with Crippen molar-refractivity contribution in [1.82, 2.24) is 20.1 Å². The summed E-state index contributed by atoms with van der Waals surface area (Å²) in [5.74, 6) is 0.720. The largest absolute Gasteiger partial charge is 0.507 e. The normalized spacial score (nSPS) is 11.7. The average Bonchev–Trinajstić information content (AvgIpc) is 3.48. The minimum Gasteiger partial charge on any atom is -0.507 e. The van der Waals surface area contributed by atoms with E-state index in [1.807, 2.05) is 77.4 Å². The SMILES string of the molecule is O=C(CSc1nnc(C(CCCCNC(=O)c2ccccc2O)Cc2ccccc2)n1-c1cccc(Cl)c1)c1ccccc1. The molecular formula is C35H33ClN4O3S. The van der Waals surface area contributed by atoms with Gasteiger partial charge in [-0.25, -0.2) is 0 Å². The van der Waals surface area contributed by atoms with Crippen LogP contribution in [0.2, 0.25) is 5.02 Å². The summed E-state index contributed by atoms with van der Waals surface area (Å²) in [6.45, 7) is 0.481. The lowest BCUT2D eigenvalue weighted by atomic mass is 9.93. The van der Waals surface area contributed by atoms with Crippen molar-refractivity contribution in [1.29, 1.82) is 0 Å². The second-order valence-corrected chi connectivity index (χ2v) is 11.8. The number of carbonyl (C=O) groups is 2. The van der Waals surface area contributed by atoms with Crippen LogP contribution in [0.3, 0.4) is 0 Å². The Morgan fingerprint density at radius 3 is 2.34 bits per heavy atom. The number of carbonyl (C=O) groups excluding carboxylic acids is 2. The lowest BCUT2D eigenvalue weighted by Crippen LogP contribution is -2.24. The highest BCUT2D eigenvalue weighted by molar-refractivity contribution is 7.99. The standard InChI is InChI=1S/C35H33ClN4O3S/c36-28-17-11-18-29(23-28)40-33(38-39-35(40)44-24-32(42)26-14-5-2-6-15-26)27(22-25-12-3-1-4-13-25)16-9-10-21-37-34(43)30-19-7-8-20-31(30)41/h1-8,11-15,17-20,23,27,41H,9-10,16,21-22,24H2,(H,37,43). The number of phenols is 1. The summed E-state index contributed by atoms with van der Waals surface area (Å²) < 4.78 is 2.02. The summed E-state index contributed by atoms with van der Waals surface area (Å²) in [5.41, 5.74) is 2.94. The molecule has 5 rings (SSSR count). The van der Waals surface area contributed by atoms with E-state index in [4.69, 9.17) is 11.6 Å². The summed E-state index contributed by atoms with van der Waals surface area (Å²) in [6, 6.07) is 33.6. The zero-order valence-electron chi connectivity index (χ0n) is 24.1. The molecule has 0 aliphatic heterocycles. The van der Waals surface area contributed by atoms with Crippen LogP contribution in [0.4, 0.5) is 0 Å². The number of amides is 1. The van der Waals surface area contributed by atoms with E-state index in [9.17, 15) is 14.7 Å². The first kappa shape index (κ1) is 31.0. The smallest absolute Gasteiger partial charge is 0.255 e. The number of thioether (sulfide) groups is 1. The zero-order chi connectivity index (χ0) is 30.7. The van der Waals surface area contributed by atoms with Crippen molar-refractivity contribution in [2.24, 2.45) is 0 Å². The molecule has 5 aromatic rings. The molecule has 0 saturated heterocycles. The molecule has 1 aromatic heterocycles. The van der Waals surface area contributed by atoms with Crippen LogP contribution >= 0.6 is 23.4 Å². The number of nitrogens with one attached hydrogen (secondary N) is 1. The fourth-order valence-electron chi connectivity index (χ4n) is 5.03. The van der Waals surface area contributed by atoms with Crippen LogP contribution in [0.15, 0.2) is 114 Å². The van der Waals surface area contributed by atoms with Crippen molar-refractivity contribution in [2.45, 2.75) is 36.8 Å². The minimum absolute atomic E-state index is 0.0110. The van der Waals surface area contributed by atoms with Gasteiger partial charge < -0.3 is 10.4 Å². The van der Waals surface area contributed by atoms with Crippen LogP contribution < -0.4 is 5.32 Å². The molecule has 1 atom stereocenters. The first-order valence-electron chi connectivity index (χ1n) is 14.5. The van der Waals surface area contributed by atoms with Gasteiger partial charge in [0.1, 0.15) is 11.6 Å². The van der Waals surface area contributed by atoms with E-state index in [2.05, 4.69) is 27.6 Å². The molecule has 0 bridgehead atoms. The van der Waals surface area contributed by atoms with Gasteiger partial charge in [0.2, 0.25) is 0 Å². The minimum atomic E-state index is -0.295. The van der Waals surface area contributed by atoms with Crippen LogP contribution in [0.1, 0.15) is 57.3 Å². The lowest BCUT2D eigenvalue weighted by molar-refractivity contribution is 0.0949. The van der Waals surface area contributed by atoms with Gasteiger partial charge in [-0.05, 0) is 55.2 Å². The van der Waals surface area contributed by atoms with Gasteiger partial charge in [0.15, 0.2) is 10.9 Å². The number of hydrogen-bond acceptors (Lipinski definition) is 6. The molecule has 1 amide bonds. The second-order valence-electron chi connectivity index (χ2n) is 10.4. The van der Waals surface area contributed by atoms with Gasteiger partial charge in [0.05, 0.1) is 17.0 Å². The second kappa shape index (κ2) is 15.4. The summed E-state index contributed by atoms with van der Waals surface area (Å²) in [5, 5.41) is 23.4. The highest BCUT2D eigenvalue weighted by atomic mass is 35.5. The van der Waals surface area contributed by atoms with Crippen LogP contribution in [0.25, 0.3) is 5.69 Å². The molecule has 44 heavy (non-hydrogen) atoms. The molecule has 224 valence electrons. The van der Waals surface area contributed by atoms with Crippen molar-refractivity contribution in [3.8, 4) is 11.4 Å². The molecule has 1 unspecified atom stereocenters. The van der Waals surface area contributed by atoms with Crippen molar-refractivity contribution < 1.29 is 14.7 Å². The monoisotopic (exact) mass is 624 g/mol. The number of ketones is 1. The topological polar surface area (TPSA) is 97.1 Å². The van der Waals surface area contributed by atoms with Crippen molar-refractivity contribution in [3.05, 3.63) is 137 Å². The molecule has 0 aliphatic carbocycles. The highest BCUT2D eigenvalue weighted by Gasteiger charge is 2.24. The van der Waals surface area contributed by atoms with Crippen LogP contribution in [0, 0.1) is 0 Å². The third-order valence-corrected chi connectivity index (χ3v) is 8.42. The van der Waals surface area contributed by atoms with Gasteiger partial charge in [-0.15, -0.1) is 10.2 Å². The van der Waals surface area contributed by atoms with Gasteiger partial charge in [-0.3, -0.25) is 14.2 Å². The number of phenolic OH excluding ortho intramolecular Hbond substituents is 1. The molecule has 1 heterocycles. The Kier molecular flexibility index (Phi) is 10.8. The van der Waals surface area contributed by atoms with Crippen molar-refractivity contribution in [2.75, 3.05) is 12.3 Å². The van der Waals surface area contributed by atoms with Crippen LogP contribution in [-0.4, -0.2) is 43.9 Å². The predicted molar refractivity (Wildman–Crippen MR) is 175 cm³/mol.